The van der Waals surface area contributed by atoms with Gasteiger partial charge < -0.3 is 10.4 Å². The van der Waals surface area contributed by atoms with Gasteiger partial charge in [-0.1, -0.05) is 54.6 Å². The summed E-state index contributed by atoms with van der Waals surface area (Å²) < 4.78 is 81.0. The van der Waals surface area contributed by atoms with Gasteiger partial charge in [0, 0.05) is 6.54 Å². The Hall–Kier alpha value is -2.75. The Morgan fingerprint density at radius 2 is 1.42 bits per heavy atom. The van der Waals surface area contributed by atoms with Crippen molar-refractivity contribution < 1.29 is 31.1 Å². The molecule has 0 aliphatic carbocycles. The highest BCUT2D eigenvalue weighted by atomic mass is 32.2. The van der Waals surface area contributed by atoms with Gasteiger partial charge in [-0.05, 0) is 53.9 Å². The molecule has 1 aliphatic heterocycles. The molecule has 9 heteroatoms. The van der Waals surface area contributed by atoms with Crippen LogP contribution in [0, 0.1) is 5.82 Å². The van der Waals surface area contributed by atoms with E-state index < -0.39 is 37.7 Å². The van der Waals surface area contributed by atoms with Crippen LogP contribution in [0.3, 0.4) is 0 Å². The van der Waals surface area contributed by atoms with E-state index in [2.05, 4.69) is 5.32 Å². The van der Waals surface area contributed by atoms with E-state index in [1.807, 2.05) is 0 Å². The molecule has 0 aromatic heterocycles. The Bertz CT molecular complexity index is 1220. The number of rotatable bonds is 5. The molecule has 4 nitrogen and oxygen atoms in total. The summed E-state index contributed by atoms with van der Waals surface area (Å²) in [6, 6.07) is 16.0. The molecule has 2 atom stereocenters. The molecular weight excluding hydrogens is 458 g/mol. The van der Waals surface area contributed by atoms with Crippen LogP contribution in [0.25, 0.3) is 0 Å². The minimum Gasteiger partial charge on any atom is -0.372 e. The van der Waals surface area contributed by atoms with Crippen molar-refractivity contribution in [3.05, 3.63) is 101 Å². The lowest BCUT2D eigenvalue weighted by Crippen LogP contribution is -2.43. The summed E-state index contributed by atoms with van der Waals surface area (Å²) in [5, 5.41) is 13.8. The van der Waals surface area contributed by atoms with Gasteiger partial charge in [0.05, 0.1) is 4.90 Å². The Balaban J connectivity index is 1.81. The molecule has 0 radical (unpaired) electrons. The minimum absolute atomic E-state index is 0.0499. The Morgan fingerprint density at radius 3 is 1.94 bits per heavy atom. The third-order valence-electron chi connectivity index (χ3n) is 6.19. The fraction of sp³-hybridized carbons (Fsp3) is 0.250. The van der Waals surface area contributed by atoms with Crippen LogP contribution < -0.4 is 5.32 Å². The maximum absolute atomic E-state index is 14.0. The maximum Gasteiger partial charge on any atom is 0.425 e. The van der Waals surface area contributed by atoms with Gasteiger partial charge in [-0.2, -0.15) is 13.2 Å². The summed E-state index contributed by atoms with van der Waals surface area (Å²) in [4.78, 5) is -0.0761. The van der Waals surface area contributed by atoms with Gasteiger partial charge in [-0.3, -0.25) is 0 Å². The molecule has 1 unspecified atom stereocenters. The number of hydrogen-bond acceptors (Lipinski definition) is 4. The number of nitrogens with one attached hydrogen (secondary N) is 1. The number of halogens is 4. The zero-order valence-corrected chi connectivity index (χ0v) is 18.1. The summed E-state index contributed by atoms with van der Waals surface area (Å²) in [7, 11) is -4.01. The van der Waals surface area contributed by atoms with Crippen LogP contribution >= 0.6 is 0 Å². The first-order chi connectivity index (χ1) is 15.5. The molecule has 3 aromatic rings. The summed E-state index contributed by atoms with van der Waals surface area (Å²) in [6.45, 7) is 0.437. The number of alkyl halides is 3. The average molecular weight is 479 g/mol. The standard InChI is InChI=1S/C24H21F4NO3S/c25-20-10-12-21(13-11-20)33(31,32)22(14-15-29-16-22)17-6-8-19(9-7-17)23(30,24(26,27)28)18-4-2-1-3-5-18/h1-13,29-30H,14-16H2/t22?,23-/m0/s1. The van der Waals surface area contributed by atoms with Crippen LogP contribution in [0.1, 0.15) is 23.1 Å². The third-order valence-corrected chi connectivity index (χ3v) is 8.69. The lowest BCUT2D eigenvalue weighted by atomic mass is 9.84. The topological polar surface area (TPSA) is 66.4 Å². The number of aliphatic hydroxyl groups is 1. The largest absolute Gasteiger partial charge is 0.425 e. The Morgan fingerprint density at radius 1 is 0.848 bits per heavy atom. The van der Waals surface area contributed by atoms with Crippen molar-refractivity contribution in [3.8, 4) is 0 Å². The van der Waals surface area contributed by atoms with E-state index in [9.17, 15) is 31.1 Å². The molecule has 3 aromatic carbocycles. The molecule has 1 fully saturated rings. The van der Waals surface area contributed by atoms with Crippen molar-refractivity contribution in [2.24, 2.45) is 0 Å². The van der Waals surface area contributed by atoms with Crippen LogP contribution in [0.2, 0.25) is 0 Å². The van der Waals surface area contributed by atoms with Gasteiger partial charge in [0.25, 0.3) is 0 Å². The number of hydrogen-bond donors (Lipinski definition) is 2. The first kappa shape index (κ1) is 23.4. The lowest BCUT2D eigenvalue weighted by molar-refractivity contribution is -0.248. The van der Waals surface area contributed by atoms with Gasteiger partial charge >= 0.3 is 6.18 Å². The number of benzene rings is 3. The van der Waals surface area contributed by atoms with Crippen LogP contribution in [0.15, 0.2) is 83.8 Å². The third kappa shape index (κ3) is 3.74. The second-order valence-corrected chi connectivity index (χ2v) is 10.3. The lowest BCUT2D eigenvalue weighted by Gasteiger charge is -2.33. The molecule has 0 amide bonds. The van der Waals surface area contributed by atoms with Crippen molar-refractivity contribution in [1.82, 2.24) is 5.32 Å². The molecule has 0 spiro atoms. The van der Waals surface area contributed by atoms with Crippen LogP contribution in [-0.4, -0.2) is 32.8 Å². The summed E-state index contributed by atoms with van der Waals surface area (Å²) >= 11 is 0. The first-order valence-electron chi connectivity index (χ1n) is 10.2. The van der Waals surface area contributed by atoms with E-state index in [-0.39, 0.29) is 29.0 Å². The van der Waals surface area contributed by atoms with E-state index in [0.717, 1.165) is 24.3 Å². The van der Waals surface area contributed by atoms with Gasteiger partial charge in [0.1, 0.15) is 10.6 Å². The monoisotopic (exact) mass is 479 g/mol. The molecule has 1 aliphatic rings. The highest BCUT2D eigenvalue weighted by Gasteiger charge is 2.56. The quantitative estimate of drug-likeness (QED) is 0.423. The predicted molar refractivity (Wildman–Crippen MR) is 115 cm³/mol. The van der Waals surface area contributed by atoms with Crippen molar-refractivity contribution in [1.29, 1.82) is 0 Å². The van der Waals surface area contributed by atoms with E-state index in [0.29, 0.717) is 6.54 Å². The zero-order chi connectivity index (χ0) is 23.9. The Kier molecular flexibility index (Phi) is 5.84. The highest BCUT2D eigenvalue weighted by Crippen LogP contribution is 2.46. The van der Waals surface area contributed by atoms with E-state index in [4.69, 9.17) is 0 Å². The zero-order valence-electron chi connectivity index (χ0n) is 17.3. The average Bonchev–Trinajstić information content (AvgIpc) is 3.31. The SMILES string of the molecule is O=S(=O)(c1ccc(F)cc1)C1(c2ccc([C@@](O)(c3ccccc3)C(F)(F)F)cc2)CCNC1. The fourth-order valence-corrected chi connectivity index (χ4v) is 6.38. The van der Waals surface area contributed by atoms with Gasteiger partial charge in [0.2, 0.25) is 5.60 Å². The molecule has 1 saturated heterocycles. The first-order valence-corrected chi connectivity index (χ1v) is 11.7. The van der Waals surface area contributed by atoms with E-state index >= 15 is 0 Å². The fourth-order valence-electron chi connectivity index (χ4n) is 4.33. The molecule has 0 saturated carbocycles. The van der Waals surface area contributed by atoms with Gasteiger partial charge in [-0.25, -0.2) is 12.8 Å². The minimum atomic E-state index is -5.01. The van der Waals surface area contributed by atoms with Crippen LogP contribution in [0.5, 0.6) is 0 Å². The van der Waals surface area contributed by atoms with Crippen molar-refractivity contribution in [3.63, 3.8) is 0 Å². The maximum atomic E-state index is 14.0. The Labute approximate surface area is 188 Å². The highest BCUT2D eigenvalue weighted by molar-refractivity contribution is 7.92. The van der Waals surface area contributed by atoms with Crippen LogP contribution in [-0.2, 0) is 20.2 Å². The second kappa shape index (κ2) is 8.23. The smallest absolute Gasteiger partial charge is 0.372 e. The van der Waals surface area contributed by atoms with E-state index in [1.165, 1.54) is 48.5 Å². The molecule has 0 bridgehead atoms. The summed E-state index contributed by atoms with van der Waals surface area (Å²) in [5.74, 6) is -0.579. The molecule has 174 valence electrons. The summed E-state index contributed by atoms with van der Waals surface area (Å²) in [6.07, 6.45) is -4.82. The molecule has 1 heterocycles. The normalized spacial score (nSPS) is 21.0. The van der Waals surface area contributed by atoms with Crippen molar-refractivity contribution in [2.75, 3.05) is 13.1 Å². The number of sulfone groups is 1. The van der Waals surface area contributed by atoms with Crippen molar-refractivity contribution >= 4 is 9.84 Å². The van der Waals surface area contributed by atoms with Gasteiger partial charge in [-0.15, -0.1) is 0 Å². The van der Waals surface area contributed by atoms with Crippen LogP contribution in [0.4, 0.5) is 17.6 Å². The van der Waals surface area contributed by atoms with Gasteiger partial charge in [0.15, 0.2) is 9.84 Å². The van der Waals surface area contributed by atoms with E-state index in [1.54, 1.807) is 6.07 Å². The molecule has 2 N–H and O–H groups in total. The predicted octanol–water partition coefficient (Wildman–Crippen LogP) is 4.29. The molecule has 4 rings (SSSR count). The second-order valence-electron chi connectivity index (χ2n) is 8.03. The molecule has 33 heavy (non-hydrogen) atoms. The summed E-state index contributed by atoms with van der Waals surface area (Å²) in [5.41, 5.74) is -3.74. The van der Waals surface area contributed by atoms with Crippen molar-refractivity contribution in [2.45, 2.75) is 27.8 Å². The molecular formula is C24H21F4NO3S.